The number of fused-ring (bicyclic) bond motifs is 2. The van der Waals surface area contributed by atoms with Crippen LogP contribution in [0, 0.1) is 23.2 Å². The molecule has 3 aliphatic rings. The highest BCUT2D eigenvalue weighted by molar-refractivity contribution is 5.95. The zero-order valence-electron chi connectivity index (χ0n) is 17.7. The van der Waals surface area contributed by atoms with Crippen molar-refractivity contribution in [3.05, 3.63) is 113 Å². The van der Waals surface area contributed by atoms with Gasteiger partial charge in [-0.05, 0) is 41.8 Å². The Bertz CT molecular complexity index is 1180. The molecule has 0 spiro atoms. The fraction of sp³-hybridized carbons (Fsp3) is 0.214. The molecule has 0 aromatic heterocycles. The number of allylic oxidation sites excluding steroid dienone is 7. The van der Waals surface area contributed by atoms with Crippen molar-refractivity contribution in [3.63, 3.8) is 0 Å². The standard InChI is InChI=1S/C28H24N2O2/c29-17-20-12-14-25(15-13-20)32-19-24-16-22-7-1-2-8-23(22)18-30(24)28(31)27-11-5-9-21-6-3-4-10-26(21)27/h1-15,21,24,26H,16,18-19H2/t21?,24-,26?/m0/s1. The summed E-state index contributed by atoms with van der Waals surface area (Å²) in [5.41, 5.74) is 3.89. The molecule has 0 fully saturated rings. The van der Waals surface area contributed by atoms with Gasteiger partial charge in [0.1, 0.15) is 12.4 Å². The second-order valence-corrected chi connectivity index (χ2v) is 8.39. The number of amides is 1. The Labute approximate surface area is 188 Å². The molecule has 5 rings (SSSR count). The topological polar surface area (TPSA) is 53.3 Å². The number of benzene rings is 2. The first-order valence-electron chi connectivity index (χ1n) is 11.0. The van der Waals surface area contributed by atoms with Gasteiger partial charge in [-0.2, -0.15) is 5.26 Å². The van der Waals surface area contributed by atoms with Gasteiger partial charge in [0.05, 0.1) is 17.7 Å². The maximum Gasteiger partial charge on any atom is 0.251 e. The SMILES string of the molecule is N#Cc1ccc(OC[C@@H]2Cc3ccccc3CN2C(=O)C2=CC=CC3C=CC=CC23)cc1. The lowest BCUT2D eigenvalue weighted by Crippen LogP contribution is -2.48. The van der Waals surface area contributed by atoms with Gasteiger partial charge in [0.25, 0.3) is 5.91 Å². The molecule has 1 amide bonds. The lowest BCUT2D eigenvalue weighted by molar-refractivity contribution is -0.131. The number of nitrogens with zero attached hydrogens (tertiary/aromatic N) is 2. The number of hydrogen-bond donors (Lipinski definition) is 0. The normalized spacial score (nSPS) is 23.0. The first-order chi connectivity index (χ1) is 15.7. The molecule has 2 unspecified atom stereocenters. The van der Waals surface area contributed by atoms with Crippen molar-refractivity contribution in [1.29, 1.82) is 5.26 Å². The molecule has 1 heterocycles. The van der Waals surface area contributed by atoms with Crippen LogP contribution in [0.15, 0.2) is 96.6 Å². The molecular weight excluding hydrogens is 396 g/mol. The molecule has 2 aromatic rings. The molecule has 3 atom stereocenters. The number of ether oxygens (including phenoxy) is 1. The number of hydrogen-bond acceptors (Lipinski definition) is 3. The summed E-state index contributed by atoms with van der Waals surface area (Å²) in [6.45, 7) is 0.979. The fourth-order valence-electron chi connectivity index (χ4n) is 4.69. The molecule has 4 nitrogen and oxygen atoms in total. The minimum absolute atomic E-state index is 0.0681. The van der Waals surface area contributed by atoms with Crippen molar-refractivity contribution < 1.29 is 9.53 Å². The van der Waals surface area contributed by atoms with Gasteiger partial charge in [-0.1, -0.05) is 66.8 Å². The molecule has 1 aliphatic heterocycles. The highest BCUT2D eigenvalue weighted by atomic mass is 16.5. The second-order valence-electron chi connectivity index (χ2n) is 8.39. The maximum atomic E-state index is 13.8. The smallest absolute Gasteiger partial charge is 0.251 e. The van der Waals surface area contributed by atoms with Crippen LogP contribution in [-0.4, -0.2) is 23.5 Å². The molecule has 32 heavy (non-hydrogen) atoms. The third kappa shape index (κ3) is 3.90. The van der Waals surface area contributed by atoms with Crippen molar-refractivity contribution in [2.24, 2.45) is 11.8 Å². The van der Waals surface area contributed by atoms with Crippen LogP contribution in [0.25, 0.3) is 0 Å². The number of nitriles is 1. The van der Waals surface area contributed by atoms with Crippen LogP contribution in [0.1, 0.15) is 16.7 Å². The Hall–Kier alpha value is -3.84. The van der Waals surface area contributed by atoms with Gasteiger partial charge >= 0.3 is 0 Å². The third-order valence-electron chi connectivity index (χ3n) is 6.43. The van der Waals surface area contributed by atoms with E-state index in [1.54, 1.807) is 24.3 Å². The molecule has 2 aromatic carbocycles. The van der Waals surface area contributed by atoms with Gasteiger partial charge < -0.3 is 9.64 Å². The van der Waals surface area contributed by atoms with Gasteiger partial charge in [-0.25, -0.2) is 0 Å². The molecule has 2 aliphatic carbocycles. The predicted octanol–water partition coefficient (Wildman–Crippen LogP) is 4.75. The van der Waals surface area contributed by atoms with Crippen LogP contribution in [-0.2, 0) is 17.8 Å². The first-order valence-corrected chi connectivity index (χ1v) is 11.0. The van der Waals surface area contributed by atoms with E-state index in [4.69, 9.17) is 10.00 Å². The Morgan fingerprint density at radius 1 is 1.00 bits per heavy atom. The van der Waals surface area contributed by atoms with Crippen LogP contribution in [0.2, 0.25) is 0 Å². The average molecular weight is 421 g/mol. The maximum absolute atomic E-state index is 13.8. The van der Waals surface area contributed by atoms with E-state index in [2.05, 4.69) is 36.4 Å². The third-order valence-corrected chi connectivity index (χ3v) is 6.43. The summed E-state index contributed by atoms with van der Waals surface area (Å²) in [6.07, 6.45) is 15.2. The molecule has 0 saturated carbocycles. The second kappa shape index (κ2) is 8.72. The van der Waals surface area contributed by atoms with Crippen LogP contribution in [0.5, 0.6) is 5.75 Å². The van der Waals surface area contributed by atoms with Crippen molar-refractivity contribution in [1.82, 2.24) is 4.90 Å². The van der Waals surface area contributed by atoms with E-state index >= 15 is 0 Å². The van der Waals surface area contributed by atoms with Crippen LogP contribution < -0.4 is 4.74 Å². The van der Waals surface area contributed by atoms with E-state index < -0.39 is 0 Å². The van der Waals surface area contributed by atoms with E-state index in [0.717, 1.165) is 12.0 Å². The van der Waals surface area contributed by atoms with Crippen molar-refractivity contribution >= 4 is 5.91 Å². The monoisotopic (exact) mass is 420 g/mol. The fourth-order valence-corrected chi connectivity index (χ4v) is 4.69. The van der Waals surface area contributed by atoms with Crippen molar-refractivity contribution in [2.45, 2.75) is 19.0 Å². The van der Waals surface area contributed by atoms with Gasteiger partial charge in [-0.3, -0.25) is 4.79 Å². The summed E-state index contributed by atoms with van der Waals surface area (Å²) in [5.74, 6) is 1.09. The van der Waals surface area contributed by atoms with Crippen LogP contribution in [0.4, 0.5) is 0 Å². The molecule has 158 valence electrons. The molecule has 4 heteroatoms. The summed E-state index contributed by atoms with van der Waals surface area (Å²) in [7, 11) is 0. The van der Waals surface area contributed by atoms with Crippen molar-refractivity contribution in [2.75, 3.05) is 6.61 Å². The molecule has 0 saturated heterocycles. The van der Waals surface area contributed by atoms with E-state index in [9.17, 15) is 4.79 Å². The quantitative estimate of drug-likeness (QED) is 0.718. The Balaban J connectivity index is 1.40. The predicted molar refractivity (Wildman–Crippen MR) is 124 cm³/mol. The summed E-state index contributed by atoms with van der Waals surface area (Å²) in [5, 5.41) is 9.00. The Kier molecular flexibility index (Phi) is 5.47. The molecule has 0 bridgehead atoms. The van der Waals surface area contributed by atoms with E-state index in [1.807, 2.05) is 41.3 Å². The highest BCUT2D eigenvalue weighted by Gasteiger charge is 2.35. The molecule has 0 radical (unpaired) electrons. The van der Waals surface area contributed by atoms with Crippen molar-refractivity contribution in [3.8, 4) is 11.8 Å². The van der Waals surface area contributed by atoms with Crippen LogP contribution >= 0.6 is 0 Å². The minimum atomic E-state index is -0.0681. The molecule has 0 N–H and O–H groups in total. The van der Waals surface area contributed by atoms with E-state index in [-0.39, 0.29) is 23.8 Å². The summed E-state index contributed by atoms with van der Waals surface area (Å²) in [4.78, 5) is 15.8. The van der Waals surface area contributed by atoms with Gasteiger partial charge in [0.2, 0.25) is 0 Å². The Morgan fingerprint density at radius 3 is 2.56 bits per heavy atom. The summed E-state index contributed by atoms with van der Waals surface area (Å²) >= 11 is 0. The van der Waals surface area contributed by atoms with Gasteiger partial charge in [0, 0.05) is 24.0 Å². The first kappa shape index (κ1) is 20.1. The summed E-state index contributed by atoms with van der Waals surface area (Å²) < 4.78 is 6.07. The number of carbonyl (C=O) groups is 1. The largest absolute Gasteiger partial charge is 0.491 e. The molecular formula is C28H24N2O2. The number of rotatable bonds is 4. The zero-order chi connectivity index (χ0) is 21.9. The van der Waals surface area contributed by atoms with Gasteiger partial charge in [-0.15, -0.1) is 0 Å². The minimum Gasteiger partial charge on any atom is -0.491 e. The van der Waals surface area contributed by atoms with Gasteiger partial charge in [0.15, 0.2) is 0 Å². The van der Waals surface area contributed by atoms with Crippen LogP contribution in [0.3, 0.4) is 0 Å². The number of carbonyl (C=O) groups excluding carboxylic acids is 1. The van der Waals surface area contributed by atoms with E-state index in [1.165, 1.54) is 11.1 Å². The highest BCUT2D eigenvalue weighted by Crippen LogP contribution is 2.34. The Morgan fingerprint density at radius 2 is 1.75 bits per heavy atom. The van der Waals surface area contributed by atoms with E-state index in [0.29, 0.717) is 24.5 Å². The lowest BCUT2D eigenvalue weighted by Gasteiger charge is -2.39. The lowest BCUT2D eigenvalue weighted by atomic mass is 9.78. The average Bonchev–Trinajstić information content (AvgIpc) is 2.86. The summed E-state index contributed by atoms with van der Waals surface area (Å²) in [6, 6.07) is 17.5. The zero-order valence-corrected chi connectivity index (χ0v) is 17.7.